The highest BCUT2D eigenvalue weighted by Gasteiger charge is 2.51. The van der Waals surface area contributed by atoms with Crippen LogP contribution in [-0.2, 0) is 23.7 Å². The number of rotatable bonds is 53. The Morgan fingerprint density at radius 1 is 0.449 bits per heavy atom. The molecule has 2 saturated heterocycles. The van der Waals surface area contributed by atoms with Crippen LogP contribution in [0.15, 0.2) is 24.3 Å². The van der Waals surface area contributed by atoms with Gasteiger partial charge in [-0.15, -0.1) is 0 Å². The summed E-state index contributed by atoms with van der Waals surface area (Å²) in [5.41, 5.74) is 0. The molecule has 12 atom stereocenters. The van der Waals surface area contributed by atoms with E-state index in [1.165, 1.54) is 212 Å². The molecule has 2 aliphatic heterocycles. The van der Waals surface area contributed by atoms with Crippen molar-refractivity contribution in [1.29, 1.82) is 0 Å². The first-order valence-electron chi connectivity index (χ1n) is 32.6. The summed E-state index contributed by atoms with van der Waals surface area (Å²) in [6, 6.07) is -0.907. The van der Waals surface area contributed by atoms with Crippen molar-refractivity contribution < 1.29 is 64.6 Å². The number of amides is 1. The van der Waals surface area contributed by atoms with Gasteiger partial charge in [0.25, 0.3) is 0 Å². The normalized spacial score (nSPS) is 24.6. The Balaban J connectivity index is 1.45. The average Bonchev–Trinajstić information content (AvgIpc) is 3.47. The number of hydrogen-bond acceptors (Lipinski definition) is 13. The van der Waals surface area contributed by atoms with Crippen molar-refractivity contribution in [3.05, 3.63) is 24.3 Å². The minimum absolute atomic E-state index is 0.242. The minimum atomic E-state index is -1.78. The third-order valence-electron chi connectivity index (χ3n) is 16.1. The van der Waals surface area contributed by atoms with Gasteiger partial charge in [-0.3, -0.25) is 4.79 Å². The number of aliphatic hydroxyl groups excluding tert-OH is 8. The summed E-state index contributed by atoms with van der Waals surface area (Å²) in [4.78, 5) is 13.1. The molecule has 460 valence electrons. The SMILES string of the molecule is CCCCC/C=C/C(O)C(COC1OC(CO)C(OC2OC(CO)C(O)C(O)C2O)C(O)C1O)NC(=O)CCCCCCCCCCCCCCCCCCCCCCCCCCCCC/C=C\CCCCCCCCCC. The molecule has 0 aromatic heterocycles. The maximum atomic E-state index is 13.1. The lowest BCUT2D eigenvalue weighted by Gasteiger charge is -2.46. The number of unbranched alkanes of at least 4 members (excludes halogenated alkanes) is 38. The van der Waals surface area contributed by atoms with Crippen LogP contribution in [0.4, 0.5) is 0 Å². The lowest BCUT2D eigenvalue weighted by molar-refractivity contribution is -0.359. The third-order valence-corrected chi connectivity index (χ3v) is 16.1. The molecule has 9 N–H and O–H groups in total. The summed E-state index contributed by atoms with van der Waals surface area (Å²) in [6.45, 7) is 2.69. The topological polar surface area (TPSA) is 228 Å². The number of carbonyl (C=O) groups is 1. The molecule has 0 bridgehead atoms. The van der Waals surface area contributed by atoms with Gasteiger partial charge < -0.3 is 65.1 Å². The van der Waals surface area contributed by atoms with Crippen LogP contribution in [0.25, 0.3) is 0 Å². The van der Waals surface area contributed by atoms with Crippen LogP contribution in [0, 0.1) is 0 Å². The molecule has 0 aromatic rings. The number of nitrogens with one attached hydrogen (secondary N) is 1. The van der Waals surface area contributed by atoms with E-state index in [1.54, 1.807) is 6.08 Å². The second kappa shape index (κ2) is 50.0. The third kappa shape index (κ3) is 34.8. The van der Waals surface area contributed by atoms with E-state index in [2.05, 4.69) is 31.3 Å². The van der Waals surface area contributed by atoms with Gasteiger partial charge in [-0.25, -0.2) is 0 Å². The van der Waals surface area contributed by atoms with Crippen molar-refractivity contribution >= 4 is 5.91 Å². The summed E-state index contributed by atoms with van der Waals surface area (Å²) in [5.74, 6) is -0.242. The highest BCUT2D eigenvalue weighted by Crippen LogP contribution is 2.30. The smallest absolute Gasteiger partial charge is 0.220 e. The first-order valence-corrected chi connectivity index (χ1v) is 32.6. The Morgan fingerprint density at radius 2 is 0.808 bits per heavy atom. The van der Waals surface area contributed by atoms with Gasteiger partial charge in [-0.05, 0) is 44.9 Å². The molecule has 0 aliphatic carbocycles. The van der Waals surface area contributed by atoms with Gasteiger partial charge in [0.2, 0.25) is 5.91 Å². The number of hydrogen-bond donors (Lipinski definition) is 9. The maximum Gasteiger partial charge on any atom is 0.220 e. The number of carbonyl (C=O) groups excluding carboxylic acids is 1. The van der Waals surface area contributed by atoms with Gasteiger partial charge in [-0.1, -0.05) is 256 Å². The molecule has 1 amide bonds. The average molecular weight is 1110 g/mol. The zero-order chi connectivity index (χ0) is 56.7. The van der Waals surface area contributed by atoms with Gasteiger partial charge in [0.05, 0.1) is 32.0 Å². The zero-order valence-electron chi connectivity index (χ0n) is 49.7. The van der Waals surface area contributed by atoms with Crippen molar-refractivity contribution in [2.45, 2.75) is 357 Å². The van der Waals surface area contributed by atoms with Gasteiger partial charge >= 0.3 is 0 Å². The zero-order valence-corrected chi connectivity index (χ0v) is 49.7. The van der Waals surface area contributed by atoms with E-state index in [0.717, 1.165) is 44.9 Å². The number of allylic oxidation sites excluding steroid dienone is 3. The van der Waals surface area contributed by atoms with E-state index in [0.29, 0.717) is 6.42 Å². The Kier molecular flexibility index (Phi) is 46.5. The lowest BCUT2D eigenvalue weighted by Crippen LogP contribution is -2.65. The van der Waals surface area contributed by atoms with E-state index in [-0.39, 0.29) is 18.9 Å². The Morgan fingerprint density at radius 3 is 1.24 bits per heavy atom. The number of aliphatic hydroxyl groups is 8. The second-order valence-electron chi connectivity index (χ2n) is 23.2. The molecule has 2 fully saturated rings. The molecule has 12 unspecified atom stereocenters. The molecule has 14 heteroatoms. The molecule has 2 aliphatic rings. The summed E-state index contributed by atoms with van der Waals surface area (Å²) in [6.07, 6.45) is 45.0. The van der Waals surface area contributed by atoms with Crippen LogP contribution in [0.3, 0.4) is 0 Å². The monoisotopic (exact) mass is 1110 g/mol. The minimum Gasteiger partial charge on any atom is -0.394 e. The Labute approximate surface area is 475 Å². The van der Waals surface area contributed by atoms with Crippen LogP contribution < -0.4 is 5.32 Å². The van der Waals surface area contributed by atoms with Gasteiger partial charge in [0.1, 0.15) is 48.8 Å². The van der Waals surface area contributed by atoms with Crippen molar-refractivity contribution in [2.24, 2.45) is 0 Å². The molecular formula is C64H121NO13. The first kappa shape index (κ1) is 72.6. The molecule has 0 spiro atoms. The van der Waals surface area contributed by atoms with Crippen molar-refractivity contribution in [3.63, 3.8) is 0 Å². The Bertz CT molecular complexity index is 1400. The van der Waals surface area contributed by atoms with Crippen LogP contribution in [0.1, 0.15) is 284 Å². The van der Waals surface area contributed by atoms with E-state index in [1.807, 2.05) is 6.08 Å². The fourth-order valence-corrected chi connectivity index (χ4v) is 10.9. The highest BCUT2D eigenvalue weighted by atomic mass is 16.7. The quantitative estimate of drug-likeness (QED) is 0.0204. The van der Waals surface area contributed by atoms with Crippen LogP contribution in [0.2, 0.25) is 0 Å². The van der Waals surface area contributed by atoms with Gasteiger partial charge in [-0.2, -0.15) is 0 Å². The first-order chi connectivity index (χ1) is 38.1. The standard InChI is InChI=1S/C64H121NO13/c1-3-5-7-9-10-11-12-13-14-15-16-17-18-19-20-21-22-23-24-25-26-27-28-29-30-31-32-33-34-35-36-37-38-39-40-41-42-44-46-48-56(69)65-52(53(68)47-45-43-8-6-4-2)51-75-63-61(74)59(72)62(55(50-67)77-63)78-64-60(73)58(71)57(70)54(49-66)76-64/h15-16,45,47,52-55,57-64,66-68,70-74H,3-14,17-44,46,48-51H2,1-2H3,(H,65,69)/b16-15-,47-45+. The number of ether oxygens (including phenoxy) is 4. The molecule has 2 rings (SSSR count). The molecule has 0 radical (unpaired) electrons. The molecule has 0 saturated carbocycles. The van der Waals surface area contributed by atoms with Gasteiger partial charge in [0, 0.05) is 6.42 Å². The predicted molar refractivity (Wildman–Crippen MR) is 314 cm³/mol. The maximum absolute atomic E-state index is 13.1. The molecule has 78 heavy (non-hydrogen) atoms. The van der Waals surface area contributed by atoms with Crippen LogP contribution >= 0.6 is 0 Å². The fraction of sp³-hybridized carbons (Fsp3) is 0.922. The summed E-state index contributed by atoms with van der Waals surface area (Å²) in [5, 5.41) is 86.4. The van der Waals surface area contributed by atoms with Crippen molar-refractivity contribution in [2.75, 3.05) is 19.8 Å². The predicted octanol–water partition coefficient (Wildman–Crippen LogP) is 12.0. The molecule has 14 nitrogen and oxygen atoms in total. The van der Waals surface area contributed by atoms with Crippen molar-refractivity contribution in [1.82, 2.24) is 5.32 Å². The van der Waals surface area contributed by atoms with Crippen LogP contribution in [0.5, 0.6) is 0 Å². The fourth-order valence-electron chi connectivity index (χ4n) is 10.9. The van der Waals surface area contributed by atoms with E-state index in [9.17, 15) is 45.6 Å². The summed E-state index contributed by atoms with van der Waals surface area (Å²) < 4.78 is 22.6. The highest BCUT2D eigenvalue weighted by molar-refractivity contribution is 5.76. The lowest BCUT2D eigenvalue weighted by atomic mass is 9.97. The second-order valence-corrected chi connectivity index (χ2v) is 23.2. The van der Waals surface area contributed by atoms with E-state index < -0.39 is 86.8 Å². The largest absolute Gasteiger partial charge is 0.394 e. The Hall–Kier alpha value is -1.53. The summed E-state index contributed by atoms with van der Waals surface area (Å²) >= 11 is 0. The van der Waals surface area contributed by atoms with Gasteiger partial charge in [0.15, 0.2) is 12.6 Å². The molecule has 0 aromatic carbocycles. The summed E-state index contributed by atoms with van der Waals surface area (Å²) in [7, 11) is 0. The van der Waals surface area contributed by atoms with E-state index >= 15 is 0 Å². The van der Waals surface area contributed by atoms with E-state index in [4.69, 9.17) is 18.9 Å². The molecular weight excluding hydrogens is 991 g/mol. The molecule has 2 heterocycles. The van der Waals surface area contributed by atoms with Crippen molar-refractivity contribution in [3.8, 4) is 0 Å². The van der Waals surface area contributed by atoms with Crippen LogP contribution in [-0.4, -0.2) is 140 Å².